The Kier molecular flexibility index (Phi) is 2.43. The van der Waals surface area contributed by atoms with Crippen LogP contribution in [0.3, 0.4) is 0 Å². The number of fused-ring (bicyclic) bond motifs is 1. The van der Waals surface area contributed by atoms with Gasteiger partial charge in [-0.15, -0.1) is 0 Å². The largest absolute Gasteiger partial charge is 0.481 e. The van der Waals surface area contributed by atoms with E-state index in [1.165, 1.54) is 0 Å². The maximum Gasteiger partial charge on any atom is 0.312 e. The monoisotopic (exact) mass is 266 g/mol. The predicted octanol–water partition coefficient (Wildman–Crippen LogP) is 3.02. The molecule has 0 saturated heterocycles. The molecule has 1 aromatic carbocycles. The van der Waals surface area contributed by atoms with Crippen LogP contribution in [0.4, 0.5) is 0 Å². The topological polar surface area (TPSA) is 37.3 Å². The summed E-state index contributed by atoms with van der Waals surface area (Å²) in [6.45, 7) is 1.90. The zero-order chi connectivity index (χ0) is 11.1. The highest BCUT2D eigenvalue weighted by atomic mass is 79.9. The highest BCUT2D eigenvalue weighted by Crippen LogP contribution is 2.44. The van der Waals surface area contributed by atoms with Crippen molar-refractivity contribution >= 4 is 28.0 Å². The number of hydrogen-bond acceptors (Lipinski definition) is 1. The summed E-state index contributed by atoms with van der Waals surface area (Å²) in [6.07, 6.45) is 3.61. The average molecular weight is 267 g/mol. The lowest BCUT2D eigenvalue weighted by Gasteiger charge is -2.32. The molecule has 0 aliphatic heterocycles. The smallest absolute Gasteiger partial charge is 0.312 e. The van der Waals surface area contributed by atoms with E-state index in [1.807, 2.05) is 37.3 Å². The molecule has 3 heteroatoms. The van der Waals surface area contributed by atoms with Crippen molar-refractivity contribution in [1.82, 2.24) is 0 Å². The lowest BCUT2D eigenvalue weighted by atomic mass is 9.80. The number of carboxylic acids is 1. The summed E-state index contributed by atoms with van der Waals surface area (Å²) in [7, 11) is 0. The van der Waals surface area contributed by atoms with Crippen molar-refractivity contribution in [3.05, 3.63) is 41.5 Å². The van der Waals surface area contributed by atoms with E-state index in [0.717, 1.165) is 11.1 Å². The van der Waals surface area contributed by atoms with Gasteiger partial charge in [-0.2, -0.15) is 0 Å². The molecule has 2 unspecified atom stereocenters. The Bertz CT molecular complexity index is 435. The molecule has 0 aromatic heterocycles. The Morgan fingerprint density at radius 2 is 2.13 bits per heavy atom. The van der Waals surface area contributed by atoms with Crippen LogP contribution in [0.25, 0.3) is 6.08 Å². The first-order valence-corrected chi connectivity index (χ1v) is 5.52. The summed E-state index contributed by atoms with van der Waals surface area (Å²) in [5.74, 6) is -1.33. The molecule has 2 atom stereocenters. The van der Waals surface area contributed by atoms with Crippen molar-refractivity contribution in [2.75, 3.05) is 0 Å². The normalized spacial score (nSPS) is 28.5. The van der Waals surface area contributed by atoms with Crippen LogP contribution in [0.2, 0.25) is 0 Å². The molecular formula is C12H11BrO2. The summed E-state index contributed by atoms with van der Waals surface area (Å²) in [4.78, 5) is 11.1. The first-order valence-electron chi connectivity index (χ1n) is 4.73. The summed E-state index contributed by atoms with van der Waals surface area (Å²) in [5.41, 5.74) is 2.11. The summed E-state index contributed by atoms with van der Waals surface area (Å²) < 4.78 is -0.524. The molecule has 78 valence electrons. The van der Waals surface area contributed by atoms with Gasteiger partial charge in [0.1, 0.15) is 0 Å². The van der Waals surface area contributed by atoms with Crippen LogP contribution < -0.4 is 0 Å². The quantitative estimate of drug-likeness (QED) is 0.794. The second kappa shape index (κ2) is 3.49. The van der Waals surface area contributed by atoms with Gasteiger partial charge >= 0.3 is 5.97 Å². The number of carbonyl (C=O) groups is 1. The number of carboxylic acid groups (broad SMARTS) is 1. The zero-order valence-electron chi connectivity index (χ0n) is 8.27. The third-order valence-electron chi connectivity index (χ3n) is 2.81. The molecule has 1 aliphatic carbocycles. The molecule has 0 spiro atoms. The first-order chi connectivity index (χ1) is 7.03. The van der Waals surface area contributed by atoms with Crippen molar-refractivity contribution in [1.29, 1.82) is 0 Å². The van der Waals surface area contributed by atoms with E-state index in [4.69, 9.17) is 5.11 Å². The number of aliphatic carboxylic acids is 1. The van der Waals surface area contributed by atoms with Crippen molar-refractivity contribution in [3.63, 3.8) is 0 Å². The fraction of sp³-hybridized carbons (Fsp3) is 0.250. The Morgan fingerprint density at radius 1 is 1.47 bits per heavy atom. The zero-order valence-corrected chi connectivity index (χ0v) is 9.86. The molecule has 1 N–H and O–H groups in total. The van der Waals surface area contributed by atoms with Gasteiger partial charge in [-0.25, -0.2) is 0 Å². The lowest BCUT2D eigenvalue weighted by molar-refractivity contribution is -0.140. The molecule has 15 heavy (non-hydrogen) atoms. The standard InChI is InChI=1S/C12H11BrO2/c1-12(13)9-5-3-2-4-8(9)6-7-10(12)11(14)15/h2-7,10H,1H3,(H,14,15). The number of rotatable bonds is 1. The third kappa shape index (κ3) is 1.61. The van der Waals surface area contributed by atoms with E-state index in [-0.39, 0.29) is 0 Å². The van der Waals surface area contributed by atoms with Crippen LogP contribution in [0.1, 0.15) is 18.1 Å². The maximum atomic E-state index is 11.1. The minimum atomic E-state index is -0.805. The third-order valence-corrected chi connectivity index (χ3v) is 3.73. The van der Waals surface area contributed by atoms with Crippen LogP contribution in [-0.2, 0) is 9.12 Å². The van der Waals surface area contributed by atoms with Gasteiger partial charge in [-0.3, -0.25) is 4.79 Å². The predicted molar refractivity (Wildman–Crippen MR) is 62.9 cm³/mol. The van der Waals surface area contributed by atoms with Gasteiger partial charge < -0.3 is 5.11 Å². The minimum Gasteiger partial charge on any atom is -0.481 e. The van der Waals surface area contributed by atoms with Crippen molar-refractivity contribution in [2.24, 2.45) is 5.92 Å². The molecular weight excluding hydrogens is 256 g/mol. The number of halogens is 1. The van der Waals surface area contributed by atoms with Crippen LogP contribution >= 0.6 is 15.9 Å². The first kappa shape index (κ1) is 10.4. The molecule has 0 fully saturated rings. The molecule has 0 bridgehead atoms. The van der Waals surface area contributed by atoms with E-state index in [1.54, 1.807) is 6.08 Å². The van der Waals surface area contributed by atoms with Crippen LogP contribution in [0.15, 0.2) is 30.3 Å². The average Bonchev–Trinajstić information content (AvgIpc) is 2.17. The van der Waals surface area contributed by atoms with Gasteiger partial charge in [-0.1, -0.05) is 52.3 Å². The maximum absolute atomic E-state index is 11.1. The Labute approximate surface area is 96.7 Å². The molecule has 0 radical (unpaired) electrons. The van der Waals surface area contributed by atoms with E-state index < -0.39 is 16.2 Å². The molecule has 0 heterocycles. The van der Waals surface area contributed by atoms with Crippen molar-refractivity contribution < 1.29 is 9.90 Å². The molecule has 2 rings (SSSR count). The van der Waals surface area contributed by atoms with Crippen LogP contribution in [0.5, 0.6) is 0 Å². The van der Waals surface area contributed by atoms with E-state index in [9.17, 15) is 4.79 Å². The SMILES string of the molecule is CC1(Br)c2ccccc2C=CC1C(=O)O. The van der Waals surface area contributed by atoms with E-state index >= 15 is 0 Å². The second-order valence-electron chi connectivity index (χ2n) is 3.84. The van der Waals surface area contributed by atoms with Gasteiger partial charge in [0.15, 0.2) is 0 Å². The fourth-order valence-corrected chi connectivity index (χ4v) is 2.66. The van der Waals surface area contributed by atoms with Gasteiger partial charge in [0.05, 0.1) is 10.2 Å². The molecule has 0 amide bonds. The van der Waals surface area contributed by atoms with Crippen molar-refractivity contribution in [3.8, 4) is 0 Å². The van der Waals surface area contributed by atoms with Gasteiger partial charge in [0, 0.05) is 0 Å². The fourth-order valence-electron chi connectivity index (χ4n) is 1.95. The Morgan fingerprint density at radius 3 is 2.80 bits per heavy atom. The second-order valence-corrected chi connectivity index (χ2v) is 5.49. The molecule has 1 aromatic rings. The van der Waals surface area contributed by atoms with Crippen LogP contribution in [-0.4, -0.2) is 11.1 Å². The van der Waals surface area contributed by atoms with Crippen LogP contribution in [0, 0.1) is 5.92 Å². The van der Waals surface area contributed by atoms with Gasteiger partial charge in [0.25, 0.3) is 0 Å². The summed E-state index contributed by atoms with van der Waals surface area (Å²) in [5, 5.41) is 9.12. The number of hydrogen-bond donors (Lipinski definition) is 1. The summed E-state index contributed by atoms with van der Waals surface area (Å²) in [6, 6.07) is 7.83. The van der Waals surface area contributed by atoms with Gasteiger partial charge in [0.2, 0.25) is 0 Å². The highest BCUT2D eigenvalue weighted by Gasteiger charge is 2.39. The Hall–Kier alpha value is -1.09. The number of benzene rings is 1. The van der Waals surface area contributed by atoms with E-state index in [0.29, 0.717) is 0 Å². The Balaban J connectivity index is 2.57. The summed E-state index contributed by atoms with van der Waals surface area (Å²) >= 11 is 3.53. The highest BCUT2D eigenvalue weighted by molar-refractivity contribution is 9.09. The molecule has 1 aliphatic rings. The van der Waals surface area contributed by atoms with Crippen molar-refractivity contribution in [2.45, 2.75) is 11.2 Å². The molecule has 2 nitrogen and oxygen atoms in total. The van der Waals surface area contributed by atoms with E-state index in [2.05, 4.69) is 15.9 Å². The number of alkyl halides is 1. The minimum absolute atomic E-state index is 0.521. The molecule has 0 saturated carbocycles. The lowest BCUT2D eigenvalue weighted by Crippen LogP contribution is -2.33. The van der Waals surface area contributed by atoms with Gasteiger partial charge in [-0.05, 0) is 18.1 Å².